The van der Waals surface area contributed by atoms with E-state index >= 15 is 0 Å². The minimum atomic E-state index is -4.51. The van der Waals surface area contributed by atoms with Crippen molar-refractivity contribution >= 4 is 21.4 Å². The van der Waals surface area contributed by atoms with Crippen LogP contribution in [0.15, 0.2) is 35.2 Å². The Morgan fingerprint density at radius 2 is 1.71 bits per heavy atom. The summed E-state index contributed by atoms with van der Waals surface area (Å²) in [4.78, 5) is -0.985. The highest BCUT2D eigenvalue weighted by Gasteiger charge is 2.23. The summed E-state index contributed by atoms with van der Waals surface area (Å²) in [6.45, 7) is 1.62. The number of halogens is 3. The maximum absolute atomic E-state index is 13.6. The van der Waals surface area contributed by atoms with Gasteiger partial charge in [-0.2, -0.15) is 0 Å². The molecule has 0 amide bonds. The van der Waals surface area contributed by atoms with E-state index in [4.69, 9.17) is 5.73 Å². The van der Waals surface area contributed by atoms with Crippen molar-refractivity contribution in [1.29, 1.82) is 0 Å². The predicted octanol–water partition coefficient (Wildman–Crippen LogP) is 2.80. The van der Waals surface area contributed by atoms with Crippen molar-refractivity contribution in [3.8, 4) is 0 Å². The summed E-state index contributed by atoms with van der Waals surface area (Å²) in [6.07, 6.45) is 0. The quantitative estimate of drug-likeness (QED) is 0.855. The van der Waals surface area contributed by atoms with Gasteiger partial charge in [0, 0.05) is 5.69 Å². The summed E-state index contributed by atoms with van der Waals surface area (Å²) in [5, 5.41) is 0. The van der Waals surface area contributed by atoms with Gasteiger partial charge in [-0.05, 0) is 36.8 Å². The lowest BCUT2D eigenvalue weighted by Crippen LogP contribution is -2.16. The monoisotopic (exact) mass is 316 g/mol. The maximum Gasteiger partial charge on any atom is 0.265 e. The molecule has 0 aliphatic carbocycles. The molecule has 2 rings (SSSR count). The van der Waals surface area contributed by atoms with Crippen molar-refractivity contribution in [1.82, 2.24) is 0 Å². The van der Waals surface area contributed by atoms with Crippen LogP contribution in [-0.2, 0) is 10.0 Å². The minimum absolute atomic E-state index is 0.265. The van der Waals surface area contributed by atoms with Crippen molar-refractivity contribution in [2.75, 3.05) is 10.5 Å². The van der Waals surface area contributed by atoms with Gasteiger partial charge >= 0.3 is 0 Å². The highest BCUT2D eigenvalue weighted by Crippen LogP contribution is 2.25. The molecule has 0 fully saturated rings. The van der Waals surface area contributed by atoms with E-state index in [-0.39, 0.29) is 11.4 Å². The fourth-order valence-corrected chi connectivity index (χ4v) is 2.88. The lowest BCUT2D eigenvalue weighted by Gasteiger charge is -2.11. The second kappa shape index (κ2) is 5.28. The number of aryl methyl sites for hydroxylation is 1. The average Bonchev–Trinajstić information content (AvgIpc) is 2.37. The van der Waals surface area contributed by atoms with Crippen LogP contribution < -0.4 is 10.5 Å². The van der Waals surface area contributed by atoms with Crippen LogP contribution in [0.2, 0.25) is 0 Å². The first-order valence-electron chi connectivity index (χ1n) is 5.74. The number of sulfonamides is 1. The summed E-state index contributed by atoms with van der Waals surface area (Å²) in [5.41, 5.74) is 5.26. The number of rotatable bonds is 3. The summed E-state index contributed by atoms with van der Waals surface area (Å²) in [7, 11) is -4.51. The van der Waals surface area contributed by atoms with Crippen LogP contribution in [0, 0.1) is 24.4 Å². The second-order valence-corrected chi connectivity index (χ2v) is 6.05. The third kappa shape index (κ3) is 3.10. The molecule has 0 saturated heterocycles. The van der Waals surface area contributed by atoms with Gasteiger partial charge < -0.3 is 5.73 Å². The molecule has 0 spiro atoms. The Morgan fingerprint density at radius 3 is 2.38 bits per heavy atom. The van der Waals surface area contributed by atoms with Crippen molar-refractivity contribution in [2.45, 2.75) is 11.8 Å². The molecular weight excluding hydrogens is 305 g/mol. The standard InChI is InChI=1S/C13H11F3N2O2S/c1-7-2-3-9(14)11(4-7)18-21(19,20)12-6-8(17)5-10(15)13(12)16/h2-6,18H,17H2,1H3. The molecule has 0 radical (unpaired) electrons. The molecule has 21 heavy (non-hydrogen) atoms. The Kier molecular flexibility index (Phi) is 3.82. The van der Waals surface area contributed by atoms with E-state index in [9.17, 15) is 21.6 Å². The molecule has 0 unspecified atom stereocenters. The van der Waals surface area contributed by atoms with Gasteiger partial charge in [0.15, 0.2) is 11.6 Å². The van der Waals surface area contributed by atoms with Gasteiger partial charge in [-0.1, -0.05) is 6.07 Å². The third-order valence-corrected chi connectivity index (χ3v) is 4.04. The largest absolute Gasteiger partial charge is 0.399 e. The summed E-state index contributed by atoms with van der Waals surface area (Å²) >= 11 is 0. The van der Waals surface area contributed by atoms with Crippen LogP contribution in [0.25, 0.3) is 0 Å². The molecule has 0 atom stereocenters. The van der Waals surface area contributed by atoms with E-state index in [1.807, 2.05) is 4.72 Å². The van der Waals surface area contributed by atoms with Crippen molar-refractivity contribution < 1.29 is 21.6 Å². The Morgan fingerprint density at radius 1 is 1.05 bits per heavy atom. The first-order valence-corrected chi connectivity index (χ1v) is 7.22. The van der Waals surface area contributed by atoms with Gasteiger partial charge in [0.2, 0.25) is 0 Å². The van der Waals surface area contributed by atoms with Crippen LogP contribution in [0.5, 0.6) is 0 Å². The molecule has 2 aromatic rings. The van der Waals surface area contributed by atoms with Gasteiger partial charge in [-0.25, -0.2) is 21.6 Å². The van der Waals surface area contributed by atoms with Gasteiger partial charge in [0.25, 0.3) is 10.0 Å². The molecule has 0 heterocycles. The Hall–Kier alpha value is -2.22. The molecule has 0 aromatic heterocycles. The van der Waals surface area contributed by atoms with Crippen molar-refractivity contribution in [3.63, 3.8) is 0 Å². The van der Waals surface area contributed by atoms with Gasteiger partial charge in [0.05, 0.1) is 5.69 Å². The summed E-state index contributed by atoms with van der Waals surface area (Å²) in [5.74, 6) is -3.82. The van der Waals surface area contributed by atoms with E-state index in [1.165, 1.54) is 12.1 Å². The Balaban J connectivity index is 2.51. The van der Waals surface area contributed by atoms with Crippen LogP contribution in [0.3, 0.4) is 0 Å². The number of hydrogen-bond acceptors (Lipinski definition) is 3. The van der Waals surface area contributed by atoms with Crippen molar-refractivity contribution in [2.24, 2.45) is 0 Å². The molecule has 0 aliphatic rings. The third-order valence-electron chi connectivity index (χ3n) is 2.67. The predicted molar refractivity (Wildman–Crippen MR) is 72.7 cm³/mol. The van der Waals surface area contributed by atoms with Crippen LogP contribution >= 0.6 is 0 Å². The second-order valence-electron chi connectivity index (χ2n) is 4.40. The highest BCUT2D eigenvalue weighted by atomic mass is 32.2. The smallest absolute Gasteiger partial charge is 0.265 e. The number of hydrogen-bond donors (Lipinski definition) is 2. The van der Waals surface area contributed by atoms with Crippen LogP contribution in [0.1, 0.15) is 5.56 Å². The fourth-order valence-electron chi connectivity index (χ4n) is 1.70. The number of nitrogens with one attached hydrogen (secondary N) is 1. The molecule has 0 saturated carbocycles. The van der Waals surface area contributed by atoms with Crippen LogP contribution in [-0.4, -0.2) is 8.42 Å². The lowest BCUT2D eigenvalue weighted by atomic mass is 10.2. The van der Waals surface area contributed by atoms with E-state index in [0.29, 0.717) is 11.6 Å². The number of nitrogen functional groups attached to an aromatic ring is 1. The topological polar surface area (TPSA) is 72.2 Å². The van der Waals surface area contributed by atoms with E-state index in [0.717, 1.165) is 12.1 Å². The lowest BCUT2D eigenvalue weighted by molar-refractivity contribution is 0.486. The van der Waals surface area contributed by atoms with Crippen LogP contribution in [0.4, 0.5) is 24.5 Å². The molecular formula is C13H11F3N2O2S. The molecule has 2 aromatic carbocycles. The minimum Gasteiger partial charge on any atom is -0.399 e. The SMILES string of the molecule is Cc1ccc(F)c(NS(=O)(=O)c2cc(N)cc(F)c2F)c1. The molecule has 0 bridgehead atoms. The van der Waals surface area contributed by atoms with Crippen molar-refractivity contribution in [3.05, 3.63) is 53.3 Å². The molecule has 0 aliphatic heterocycles. The summed E-state index contributed by atoms with van der Waals surface area (Å²) < 4.78 is 66.4. The number of benzene rings is 2. The number of nitrogens with two attached hydrogens (primary N) is 1. The maximum atomic E-state index is 13.6. The molecule has 4 nitrogen and oxygen atoms in total. The zero-order valence-corrected chi connectivity index (χ0v) is 11.6. The fraction of sp³-hybridized carbons (Fsp3) is 0.0769. The van der Waals surface area contributed by atoms with E-state index in [1.54, 1.807) is 6.92 Å². The molecule has 3 N–H and O–H groups in total. The first kappa shape index (κ1) is 15.2. The zero-order chi connectivity index (χ0) is 15.8. The zero-order valence-electron chi connectivity index (χ0n) is 10.8. The van der Waals surface area contributed by atoms with Gasteiger partial charge in [-0.3, -0.25) is 4.72 Å². The molecule has 112 valence electrons. The van der Waals surface area contributed by atoms with Gasteiger partial charge in [0.1, 0.15) is 10.7 Å². The van der Waals surface area contributed by atoms with Gasteiger partial charge in [-0.15, -0.1) is 0 Å². The molecule has 8 heteroatoms. The highest BCUT2D eigenvalue weighted by molar-refractivity contribution is 7.92. The van der Waals surface area contributed by atoms with E-state index in [2.05, 4.69) is 0 Å². The summed E-state index contributed by atoms with van der Waals surface area (Å²) in [6, 6.07) is 5.14. The Labute approximate surface area is 119 Å². The van der Waals surface area contributed by atoms with E-state index < -0.39 is 32.4 Å². The first-order chi connectivity index (χ1) is 9.70. The average molecular weight is 316 g/mol. The number of anilines is 2. The normalized spacial score (nSPS) is 11.4. The Bertz CT molecular complexity index is 807.